The van der Waals surface area contributed by atoms with Crippen LogP contribution in [-0.2, 0) is 6.54 Å². The first-order valence-corrected chi connectivity index (χ1v) is 7.38. The van der Waals surface area contributed by atoms with Gasteiger partial charge in [0, 0.05) is 30.7 Å². The summed E-state index contributed by atoms with van der Waals surface area (Å²) in [6, 6.07) is 0.612. The Kier molecular flexibility index (Phi) is 5.16. The molecule has 0 spiro atoms. The average Bonchev–Trinajstić information content (AvgIpc) is 2.76. The van der Waals surface area contributed by atoms with Gasteiger partial charge in [0.1, 0.15) is 10.0 Å². The molecule has 1 aliphatic heterocycles. The van der Waals surface area contributed by atoms with Gasteiger partial charge in [-0.05, 0) is 32.4 Å². The summed E-state index contributed by atoms with van der Waals surface area (Å²) in [5.74, 6) is 0. The highest BCUT2D eigenvalue weighted by Gasteiger charge is 2.22. The molecule has 1 saturated heterocycles. The van der Waals surface area contributed by atoms with Gasteiger partial charge in [-0.1, -0.05) is 23.0 Å². The van der Waals surface area contributed by atoms with Gasteiger partial charge in [-0.25, -0.2) is 0 Å². The molecule has 1 atom stereocenters. The number of piperidine rings is 1. The number of nitrogens with one attached hydrogen (secondary N) is 1. The maximum Gasteiger partial charge on any atom is 0.138 e. The van der Waals surface area contributed by atoms with E-state index in [1.165, 1.54) is 24.4 Å². The number of aromatic nitrogens is 2. The van der Waals surface area contributed by atoms with E-state index in [1.54, 1.807) is 0 Å². The van der Waals surface area contributed by atoms with Crippen molar-refractivity contribution >= 4 is 23.1 Å². The third-order valence-electron chi connectivity index (χ3n) is 3.16. The first-order chi connectivity index (χ1) is 8.31. The van der Waals surface area contributed by atoms with E-state index in [1.807, 2.05) is 0 Å². The summed E-state index contributed by atoms with van der Waals surface area (Å²) in [4.78, 5) is 2.48. The largest absolute Gasteiger partial charge is 0.315 e. The van der Waals surface area contributed by atoms with Crippen LogP contribution in [0.2, 0.25) is 4.34 Å². The van der Waals surface area contributed by atoms with Crippen LogP contribution in [0.3, 0.4) is 0 Å². The average molecular weight is 275 g/mol. The van der Waals surface area contributed by atoms with E-state index >= 15 is 0 Å². The molecular formula is C11H19ClN4S. The monoisotopic (exact) mass is 274 g/mol. The first-order valence-electron chi connectivity index (χ1n) is 6.22. The van der Waals surface area contributed by atoms with Crippen molar-refractivity contribution in [2.75, 3.05) is 19.6 Å². The molecule has 4 nitrogen and oxygen atoms in total. The minimum absolute atomic E-state index is 0.612. The predicted octanol–water partition coefficient (Wildman–Crippen LogP) is 2.16. The molecule has 6 heteroatoms. The Morgan fingerprint density at radius 2 is 2.47 bits per heavy atom. The van der Waals surface area contributed by atoms with Crippen LogP contribution in [0, 0.1) is 0 Å². The minimum Gasteiger partial charge on any atom is -0.315 e. The smallest absolute Gasteiger partial charge is 0.138 e. The molecule has 1 aromatic heterocycles. The molecule has 96 valence electrons. The van der Waals surface area contributed by atoms with Gasteiger partial charge in [0.05, 0.1) is 0 Å². The van der Waals surface area contributed by atoms with Crippen molar-refractivity contribution in [3.63, 3.8) is 0 Å². The number of rotatable bonds is 5. The van der Waals surface area contributed by atoms with E-state index in [0.717, 1.165) is 42.6 Å². The molecule has 0 amide bonds. The third kappa shape index (κ3) is 3.61. The van der Waals surface area contributed by atoms with Gasteiger partial charge in [0.15, 0.2) is 0 Å². The Morgan fingerprint density at radius 3 is 3.06 bits per heavy atom. The SMILES string of the molecule is CCCN(Cc1nnsc1Cl)C1CCCNC1. The van der Waals surface area contributed by atoms with Crippen LogP contribution < -0.4 is 5.32 Å². The Hall–Kier alpha value is -0.230. The van der Waals surface area contributed by atoms with Gasteiger partial charge in [-0.3, -0.25) is 4.90 Å². The standard InChI is InChI=1S/C11H19ClN4S/c1-2-6-16(9-4-3-5-13-7-9)8-10-11(12)17-15-14-10/h9,13H,2-8H2,1H3. The highest BCUT2D eigenvalue weighted by molar-refractivity contribution is 7.10. The quantitative estimate of drug-likeness (QED) is 0.893. The van der Waals surface area contributed by atoms with Crippen molar-refractivity contribution in [2.24, 2.45) is 0 Å². The number of hydrogen-bond acceptors (Lipinski definition) is 5. The number of halogens is 1. The molecule has 0 aromatic carbocycles. The molecule has 1 aliphatic rings. The van der Waals surface area contributed by atoms with Crippen molar-refractivity contribution in [3.05, 3.63) is 10.0 Å². The zero-order chi connectivity index (χ0) is 12.1. The van der Waals surface area contributed by atoms with E-state index in [2.05, 4.69) is 26.7 Å². The van der Waals surface area contributed by atoms with E-state index in [4.69, 9.17) is 11.6 Å². The van der Waals surface area contributed by atoms with Crippen molar-refractivity contribution in [2.45, 2.75) is 38.8 Å². The molecule has 1 unspecified atom stereocenters. The van der Waals surface area contributed by atoms with Gasteiger partial charge in [0.2, 0.25) is 0 Å². The van der Waals surface area contributed by atoms with Gasteiger partial charge in [0.25, 0.3) is 0 Å². The second kappa shape index (κ2) is 6.64. The molecule has 0 saturated carbocycles. The summed E-state index contributed by atoms with van der Waals surface area (Å²) >= 11 is 7.35. The summed E-state index contributed by atoms with van der Waals surface area (Å²) in [6.45, 7) is 6.37. The van der Waals surface area contributed by atoms with Crippen LogP contribution in [0.1, 0.15) is 31.9 Å². The van der Waals surface area contributed by atoms with E-state index < -0.39 is 0 Å². The predicted molar refractivity (Wildman–Crippen MR) is 71.5 cm³/mol. The summed E-state index contributed by atoms with van der Waals surface area (Å²) in [6.07, 6.45) is 3.68. The van der Waals surface area contributed by atoms with Gasteiger partial charge in [-0.2, -0.15) is 0 Å². The Balaban J connectivity index is 1.98. The van der Waals surface area contributed by atoms with Crippen LogP contribution in [0.15, 0.2) is 0 Å². The van der Waals surface area contributed by atoms with E-state index in [0.29, 0.717) is 6.04 Å². The molecule has 1 N–H and O–H groups in total. The Morgan fingerprint density at radius 1 is 1.59 bits per heavy atom. The van der Waals surface area contributed by atoms with Gasteiger partial charge < -0.3 is 5.32 Å². The summed E-state index contributed by atoms with van der Waals surface area (Å²) < 4.78 is 4.63. The Bertz CT molecular complexity index is 338. The maximum absolute atomic E-state index is 6.07. The lowest BCUT2D eigenvalue weighted by Gasteiger charge is -2.34. The lowest BCUT2D eigenvalue weighted by Crippen LogP contribution is -2.46. The molecule has 0 bridgehead atoms. The van der Waals surface area contributed by atoms with Gasteiger partial charge >= 0.3 is 0 Å². The topological polar surface area (TPSA) is 41.1 Å². The third-order valence-corrected chi connectivity index (χ3v) is 4.14. The van der Waals surface area contributed by atoms with Crippen LogP contribution in [0.4, 0.5) is 0 Å². The normalized spacial score (nSPS) is 21.0. The summed E-state index contributed by atoms with van der Waals surface area (Å²) in [7, 11) is 0. The van der Waals surface area contributed by atoms with E-state index in [-0.39, 0.29) is 0 Å². The molecule has 1 aromatic rings. The lowest BCUT2D eigenvalue weighted by atomic mass is 10.1. The molecule has 2 heterocycles. The second-order valence-electron chi connectivity index (χ2n) is 4.46. The first kappa shape index (κ1) is 13.2. The van der Waals surface area contributed by atoms with Crippen molar-refractivity contribution in [3.8, 4) is 0 Å². The van der Waals surface area contributed by atoms with Crippen molar-refractivity contribution in [1.82, 2.24) is 19.8 Å². The minimum atomic E-state index is 0.612. The fourth-order valence-electron chi connectivity index (χ4n) is 2.31. The number of nitrogens with zero attached hydrogens (tertiary/aromatic N) is 3. The van der Waals surface area contributed by atoms with Crippen molar-refractivity contribution in [1.29, 1.82) is 0 Å². The van der Waals surface area contributed by atoms with E-state index in [9.17, 15) is 0 Å². The fourth-order valence-corrected chi connectivity index (χ4v) is 2.92. The molecular weight excluding hydrogens is 256 g/mol. The molecule has 0 aliphatic carbocycles. The fraction of sp³-hybridized carbons (Fsp3) is 0.818. The summed E-state index contributed by atoms with van der Waals surface area (Å²) in [5.41, 5.74) is 0.927. The second-order valence-corrected chi connectivity index (χ2v) is 5.82. The lowest BCUT2D eigenvalue weighted by molar-refractivity contribution is 0.156. The highest BCUT2D eigenvalue weighted by atomic mass is 35.5. The Labute approximate surface area is 112 Å². The van der Waals surface area contributed by atoms with Gasteiger partial charge in [-0.15, -0.1) is 5.10 Å². The molecule has 0 radical (unpaired) electrons. The van der Waals surface area contributed by atoms with Crippen LogP contribution >= 0.6 is 23.1 Å². The zero-order valence-corrected chi connectivity index (χ0v) is 11.7. The van der Waals surface area contributed by atoms with Crippen LogP contribution in [0.25, 0.3) is 0 Å². The molecule has 2 rings (SSSR count). The molecule has 17 heavy (non-hydrogen) atoms. The van der Waals surface area contributed by atoms with Crippen LogP contribution in [0.5, 0.6) is 0 Å². The maximum atomic E-state index is 6.07. The summed E-state index contributed by atoms with van der Waals surface area (Å²) in [5, 5.41) is 7.57. The molecule has 1 fully saturated rings. The van der Waals surface area contributed by atoms with Crippen LogP contribution in [-0.4, -0.2) is 40.2 Å². The number of hydrogen-bond donors (Lipinski definition) is 1. The zero-order valence-electron chi connectivity index (χ0n) is 10.2. The van der Waals surface area contributed by atoms with Crippen molar-refractivity contribution < 1.29 is 0 Å². The highest BCUT2D eigenvalue weighted by Crippen LogP contribution is 2.21.